The number of para-hydroxylation sites is 1. The monoisotopic (exact) mass is 344 g/mol. The quantitative estimate of drug-likeness (QED) is 0.751. The molecule has 0 saturated carbocycles. The average Bonchev–Trinajstić information content (AvgIpc) is 3.14. The van der Waals surface area contributed by atoms with E-state index in [1.807, 2.05) is 56.3 Å². The minimum Gasteiger partial charge on any atom is -0.368 e. The van der Waals surface area contributed by atoms with Crippen molar-refractivity contribution >= 4 is 16.6 Å². The van der Waals surface area contributed by atoms with Gasteiger partial charge in [0.25, 0.3) is 0 Å². The first-order valence-electron chi connectivity index (χ1n) is 9.15. The Kier molecular flexibility index (Phi) is 5.50. The molecule has 2 N–H and O–H groups in total. The Labute approximate surface area is 154 Å². The number of hydrogen-bond acceptors (Lipinski definition) is 4. The summed E-state index contributed by atoms with van der Waals surface area (Å²) in [5, 5.41) is 10.3. The summed E-state index contributed by atoms with van der Waals surface area (Å²) >= 11 is 0. The molecule has 2 heterocycles. The Morgan fingerprint density at radius 3 is 2.65 bits per heavy atom. The molecule has 1 fully saturated rings. The third-order valence-corrected chi connectivity index (χ3v) is 4.53. The minimum atomic E-state index is 0.203. The number of anilines is 1. The average molecular weight is 344 g/mol. The number of aromatic nitrogens is 1. The highest BCUT2D eigenvalue weighted by Crippen LogP contribution is 2.34. The molecule has 1 aliphatic heterocycles. The number of pyridine rings is 1. The van der Waals surface area contributed by atoms with Crippen LogP contribution < -0.4 is 10.6 Å². The van der Waals surface area contributed by atoms with E-state index in [0.29, 0.717) is 5.56 Å². The zero-order chi connectivity index (χ0) is 18.5. The number of hydrogen-bond donors (Lipinski definition) is 1. The maximum atomic E-state index is 9.20. The highest BCUT2D eigenvalue weighted by molar-refractivity contribution is 5.89. The summed E-state index contributed by atoms with van der Waals surface area (Å²) in [6.07, 6.45) is 0.991. The number of nitrogens with two attached hydrogens (primary N) is 1. The van der Waals surface area contributed by atoms with Gasteiger partial charge in [-0.25, -0.2) is 4.98 Å². The maximum absolute atomic E-state index is 9.20. The van der Waals surface area contributed by atoms with Crippen molar-refractivity contribution in [3.63, 3.8) is 0 Å². The van der Waals surface area contributed by atoms with E-state index in [0.717, 1.165) is 47.4 Å². The second-order valence-corrected chi connectivity index (χ2v) is 6.24. The van der Waals surface area contributed by atoms with Crippen molar-refractivity contribution < 1.29 is 0 Å². The summed E-state index contributed by atoms with van der Waals surface area (Å²) in [6.45, 7) is 5.77. The van der Waals surface area contributed by atoms with Gasteiger partial charge < -0.3 is 10.6 Å². The van der Waals surface area contributed by atoms with Crippen LogP contribution in [0.2, 0.25) is 0 Å². The second-order valence-electron chi connectivity index (χ2n) is 6.24. The first-order chi connectivity index (χ1) is 12.7. The van der Waals surface area contributed by atoms with Crippen LogP contribution in [-0.2, 0) is 0 Å². The molecule has 0 radical (unpaired) electrons. The van der Waals surface area contributed by atoms with Gasteiger partial charge in [0.05, 0.1) is 28.5 Å². The first-order valence-corrected chi connectivity index (χ1v) is 9.15. The second kappa shape index (κ2) is 7.99. The molecule has 3 aromatic rings. The lowest BCUT2D eigenvalue weighted by Crippen LogP contribution is -2.26. The van der Waals surface area contributed by atoms with Gasteiger partial charge in [-0.05, 0) is 30.7 Å². The third kappa shape index (κ3) is 3.54. The Morgan fingerprint density at radius 1 is 1.12 bits per heavy atom. The number of fused-ring (bicyclic) bond motifs is 1. The van der Waals surface area contributed by atoms with E-state index >= 15 is 0 Å². The van der Waals surface area contributed by atoms with E-state index in [1.54, 1.807) is 0 Å². The van der Waals surface area contributed by atoms with Gasteiger partial charge in [0.15, 0.2) is 0 Å². The molecule has 0 amide bonds. The molecule has 0 bridgehead atoms. The van der Waals surface area contributed by atoms with Gasteiger partial charge in [0, 0.05) is 30.1 Å². The largest absolute Gasteiger partial charge is 0.368 e. The van der Waals surface area contributed by atoms with Gasteiger partial charge in [0.1, 0.15) is 0 Å². The first kappa shape index (κ1) is 17.9. The zero-order valence-corrected chi connectivity index (χ0v) is 15.3. The molecule has 1 aliphatic rings. The lowest BCUT2D eigenvalue weighted by atomic mass is 10.0. The van der Waals surface area contributed by atoms with Crippen LogP contribution >= 0.6 is 0 Å². The Balaban J connectivity index is 0.000000948. The van der Waals surface area contributed by atoms with Gasteiger partial charge in [0.2, 0.25) is 0 Å². The molecule has 4 rings (SSSR count). The Bertz CT molecular complexity index is 942. The summed E-state index contributed by atoms with van der Waals surface area (Å²) in [5.41, 5.74) is 10.7. The molecular weight excluding hydrogens is 320 g/mol. The molecule has 1 aromatic heterocycles. The molecule has 4 heteroatoms. The number of benzene rings is 2. The summed E-state index contributed by atoms with van der Waals surface area (Å²) in [6, 6.07) is 20.4. The van der Waals surface area contributed by atoms with Crippen molar-refractivity contribution in [1.82, 2.24) is 4.98 Å². The molecule has 1 saturated heterocycles. The molecule has 0 spiro atoms. The number of nitriles is 1. The fourth-order valence-corrected chi connectivity index (χ4v) is 3.30. The summed E-state index contributed by atoms with van der Waals surface area (Å²) < 4.78 is 0. The highest BCUT2D eigenvalue weighted by atomic mass is 15.2. The van der Waals surface area contributed by atoms with E-state index in [9.17, 15) is 5.26 Å². The smallest absolute Gasteiger partial charge is 0.0991 e. The van der Waals surface area contributed by atoms with Gasteiger partial charge >= 0.3 is 0 Å². The predicted molar refractivity (Wildman–Crippen MR) is 108 cm³/mol. The molecular formula is C22H24N4. The van der Waals surface area contributed by atoms with Gasteiger partial charge in [-0.2, -0.15) is 5.26 Å². The van der Waals surface area contributed by atoms with Crippen molar-refractivity contribution in [1.29, 1.82) is 5.26 Å². The molecule has 132 valence electrons. The van der Waals surface area contributed by atoms with Crippen molar-refractivity contribution in [2.75, 3.05) is 18.0 Å². The predicted octanol–water partition coefficient (Wildman–Crippen LogP) is 4.34. The lowest BCUT2D eigenvalue weighted by Gasteiger charge is -2.22. The molecule has 0 aliphatic carbocycles. The SMILES string of the molecule is CC.N#Cc1cccc(-c2nc3ccccc3cc2N2CCC(N)C2)c1. The summed E-state index contributed by atoms with van der Waals surface area (Å²) in [4.78, 5) is 7.20. The van der Waals surface area contributed by atoms with Crippen LogP contribution in [-0.4, -0.2) is 24.1 Å². The summed E-state index contributed by atoms with van der Waals surface area (Å²) in [5.74, 6) is 0. The van der Waals surface area contributed by atoms with E-state index < -0.39 is 0 Å². The van der Waals surface area contributed by atoms with Crippen LogP contribution in [0.3, 0.4) is 0 Å². The zero-order valence-electron chi connectivity index (χ0n) is 15.3. The molecule has 2 aromatic carbocycles. The van der Waals surface area contributed by atoms with E-state index in [4.69, 9.17) is 10.7 Å². The van der Waals surface area contributed by atoms with Crippen LogP contribution in [0.15, 0.2) is 54.6 Å². The van der Waals surface area contributed by atoms with Crippen LogP contribution in [0.25, 0.3) is 22.2 Å². The molecule has 1 unspecified atom stereocenters. The van der Waals surface area contributed by atoms with Gasteiger partial charge in [-0.3, -0.25) is 0 Å². The fraction of sp³-hybridized carbons (Fsp3) is 0.273. The standard InChI is InChI=1S/C20H18N4.C2H6/c21-12-14-4-3-6-16(10-14)20-19(24-9-8-17(22)13-24)11-15-5-1-2-7-18(15)23-20;1-2/h1-7,10-11,17H,8-9,13,22H2;1-2H3. The van der Waals surface area contributed by atoms with Gasteiger partial charge in [-0.1, -0.05) is 44.2 Å². The molecule has 1 atom stereocenters. The topological polar surface area (TPSA) is 65.9 Å². The Hall–Kier alpha value is -2.90. The van der Waals surface area contributed by atoms with Crippen LogP contribution in [0.4, 0.5) is 5.69 Å². The van der Waals surface area contributed by atoms with Crippen LogP contribution in [0.1, 0.15) is 25.8 Å². The maximum Gasteiger partial charge on any atom is 0.0991 e. The van der Waals surface area contributed by atoms with Crippen molar-refractivity contribution in [2.24, 2.45) is 5.73 Å². The van der Waals surface area contributed by atoms with Crippen molar-refractivity contribution in [3.05, 3.63) is 60.2 Å². The molecule has 4 nitrogen and oxygen atoms in total. The lowest BCUT2D eigenvalue weighted by molar-refractivity contribution is 0.752. The van der Waals surface area contributed by atoms with Crippen molar-refractivity contribution in [2.45, 2.75) is 26.3 Å². The highest BCUT2D eigenvalue weighted by Gasteiger charge is 2.23. The number of rotatable bonds is 2. The third-order valence-electron chi connectivity index (χ3n) is 4.53. The van der Waals surface area contributed by atoms with E-state index in [2.05, 4.69) is 23.1 Å². The Morgan fingerprint density at radius 2 is 1.92 bits per heavy atom. The van der Waals surface area contributed by atoms with Crippen molar-refractivity contribution in [3.8, 4) is 17.3 Å². The normalized spacial score (nSPS) is 16.1. The minimum absolute atomic E-state index is 0.203. The van der Waals surface area contributed by atoms with Crippen LogP contribution in [0, 0.1) is 11.3 Å². The number of nitrogens with zero attached hydrogens (tertiary/aromatic N) is 3. The molecule has 26 heavy (non-hydrogen) atoms. The fourth-order valence-electron chi connectivity index (χ4n) is 3.30. The summed E-state index contributed by atoms with van der Waals surface area (Å²) in [7, 11) is 0. The van der Waals surface area contributed by atoms with E-state index in [1.165, 1.54) is 0 Å². The van der Waals surface area contributed by atoms with E-state index in [-0.39, 0.29) is 6.04 Å². The van der Waals surface area contributed by atoms with Crippen LogP contribution in [0.5, 0.6) is 0 Å². The van der Waals surface area contributed by atoms with Gasteiger partial charge in [-0.15, -0.1) is 0 Å².